The van der Waals surface area contributed by atoms with Crippen molar-refractivity contribution in [1.82, 2.24) is 20.0 Å². The van der Waals surface area contributed by atoms with Gasteiger partial charge in [-0.3, -0.25) is 9.67 Å². The highest BCUT2D eigenvalue weighted by Gasteiger charge is 2.32. The summed E-state index contributed by atoms with van der Waals surface area (Å²) in [6.07, 6.45) is 7.54. The van der Waals surface area contributed by atoms with Crippen LogP contribution in [0, 0.1) is 0 Å². The van der Waals surface area contributed by atoms with Gasteiger partial charge in [-0.2, -0.15) is 5.10 Å². The van der Waals surface area contributed by atoms with Crippen molar-refractivity contribution >= 4 is 29.9 Å². The Hall–Kier alpha value is -0.870. The molecule has 3 heterocycles. The molecule has 1 aromatic heterocycles. The quantitative estimate of drug-likeness (QED) is 0.423. The highest BCUT2D eigenvalue weighted by molar-refractivity contribution is 14.0. The number of aryl methyl sites for hydroxylation is 1. The lowest BCUT2D eigenvalue weighted by Gasteiger charge is -2.37. The summed E-state index contributed by atoms with van der Waals surface area (Å²) in [6, 6.07) is 0. The lowest BCUT2D eigenvalue weighted by molar-refractivity contribution is -0.0816. The number of hydrogen-bond donors (Lipinski definition) is 1. The summed E-state index contributed by atoms with van der Waals surface area (Å²) in [7, 11) is 3.78. The van der Waals surface area contributed by atoms with Crippen LogP contribution in [0.25, 0.3) is 0 Å². The first kappa shape index (κ1) is 19.5. The van der Waals surface area contributed by atoms with Crippen LogP contribution in [0.2, 0.25) is 0 Å². The van der Waals surface area contributed by atoms with Crippen LogP contribution in [0.5, 0.6) is 0 Å². The molecule has 1 N–H and O–H groups in total. The van der Waals surface area contributed by atoms with E-state index in [9.17, 15) is 0 Å². The topological polar surface area (TPSA) is 63.9 Å². The van der Waals surface area contributed by atoms with Crippen molar-refractivity contribution in [1.29, 1.82) is 0 Å². The summed E-state index contributed by atoms with van der Waals surface area (Å²) in [6.45, 7) is 4.16. The molecule has 0 spiro atoms. The van der Waals surface area contributed by atoms with Gasteiger partial charge in [0.25, 0.3) is 0 Å². The fraction of sp³-hybridized carbons (Fsp3) is 0.750. The van der Waals surface area contributed by atoms with Crippen molar-refractivity contribution < 1.29 is 9.47 Å². The largest absolute Gasteiger partial charge is 0.375 e. The van der Waals surface area contributed by atoms with Crippen LogP contribution < -0.4 is 5.32 Å². The molecule has 24 heavy (non-hydrogen) atoms. The van der Waals surface area contributed by atoms with Gasteiger partial charge in [0.2, 0.25) is 0 Å². The Labute approximate surface area is 160 Å². The van der Waals surface area contributed by atoms with E-state index in [1.165, 1.54) is 5.56 Å². The standard InChI is InChI=1S/C16H27N5O2.HI/c1-17-16(18-6-5-13-10-19-20(2)11-13)21-7-9-23-15(12-21)14-4-3-8-22-14;/h10-11,14-15H,3-9,12H2,1-2H3,(H,17,18);1H. The fourth-order valence-corrected chi connectivity index (χ4v) is 3.24. The number of nitrogens with one attached hydrogen (secondary N) is 1. The van der Waals surface area contributed by atoms with E-state index in [-0.39, 0.29) is 36.2 Å². The lowest BCUT2D eigenvalue weighted by Crippen LogP contribution is -2.53. The Balaban J connectivity index is 0.00000208. The SMILES string of the molecule is CN=C(NCCc1cnn(C)c1)N1CCOC(C2CCCO2)C1.I. The zero-order chi connectivity index (χ0) is 16.1. The second-order valence-electron chi connectivity index (χ2n) is 6.15. The number of aromatic nitrogens is 2. The molecule has 2 aliphatic heterocycles. The van der Waals surface area contributed by atoms with Crippen LogP contribution >= 0.6 is 24.0 Å². The monoisotopic (exact) mass is 449 g/mol. The fourth-order valence-electron chi connectivity index (χ4n) is 3.24. The molecule has 2 atom stereocenters. The van der Waals surface area contributed by atoms with E-state index in [0.29, 0.717) is 0 Å². The number of morpholine rings is 1. The molecule has 8 heteroatoms. The molecule has 3 rings (SSSR count). The summed E-state index contributed by atoms with van der Waals surface area (Å²) in [4.78, 5) is 6.70. The lowest BCUT2D eigenvalue weighted by atomic mass is 10.1. The number of hydrogen-bond acceptors (Lipinski definition) is 4. The van der Waals surface area contributed by atoms with Gasteiger partial charge >= 0.3 is 0 Å². The second-order valence-corrected chi connectivity index (χ2v) is 6.15. The van der Waals surface area contributed by atoms with Crippen molar-refractivity contribution in [2.75, 3.05) is 39.9 Å². The third-order valence-electron chi connectivity index (χ3n) is 4.44. The second kappa shape index (κ2) is 9.57. The van der Waals surface area contributed by atoms with Crippen molar-refractivity contribution in [3.8, 4) is 0 Å². The van der Waals surface area contributed by atoms with Crippen molar-refractivity contribution in [2.45, 2.75) is 31.5 Å². The Bertz CT molecular complexity index is 530. The van der Waals surface area contributed by atoms with Crippen molar-refractivity contribution in [3.63, 3.8) is 0 Å². The molecule has 2 aliphatic rings. The van der Waals surface area contributed by atoms with Gasteiger partial charge < -0.3 is 19.7 Å². The third kappa shape index (κ3) is 5.06. The highest BCUT2D eigenvalue weighted by Crippen LogP contribution is 2.20. The normalized spacial score (nSPS) is 24.8. The van der Waals surface area contributed by atoms with Crippen molar-refractivity contribution in [2.24, 2.45) is 12.0 Å². The minimum Gasteiger partial charge on any atom is -0.375 e. The number of nitrogens with zero attached hydrogens (tertiary/aromatic N) is 4. The molecule has 2 saturated heterocycles. The molecule has 0 radical (unpaired) electrons. The van der Waals surface area contributed by atoms with Crippen LogP contribution in [-0.2, 0) is 22.9 Å². The maximum absolute atomic E-state index is 5.90. The van der Waals surface area contributed by atoms with Crippen LogP contribution in [0.4, 0.5) is 0 Å². The van der Waals surface area contributed by atoms with Crippen molar-refractivity contribution in [3.05, 3.63) is 18.0 Å². The summed E-state index contributed by atoms with van der Waals surface area (Å²) >= 11 is 0. The molecule has 1 aromatic rings. The van der Waals surface area contributed by atoms with E-state index in [0.717, 1.165) is 58.1 Å². The minimum atomic E-state index is 0. The molecule has 2 unspecified atom stereocenters. The van der Waals surface area contributed by atoms with E-state index in [2.05, 4.69) is 20.3 Å². The maximum atomic E-state index is 5.90. The van der Waals surface area contributed by atoms with E-state index in [1.54, 1.807) is 0 Å². The van der Waals surface area contributed by atoms with Crippen LogP contribution in [0.1, 0.15) is 18.4 Å². The molecule has 0 aromatic carbocycles. The predicted molar refractivity (Wildman–Crippen MR) is 104 cm³/mol. The van der Waals surface area contributed by atoms with Gasteiger partial charge in [-0.1, -0.05) is 0 Å². The average molecular weight is 449 g/mol. The molecular weight excluding hydrogens is 421 g/mol. The molecule has 0 bridgehead atoms. The molecule has 0 aliphatic carbocycles. The van der Waals surface area contributed by atoms with Crippen LogP contribution in [0.3, 0.4) is 0 Å². The Morgan fingerprint density at radius 2 is 2.21 bits per heavy atom. The van der Waals surface area contributed by atoms with E-state index < -0.39 is 0 Å². The first-order valence-electron chi connectivity index (χ1n) is 8.42. The van der Waals surface area contributed by atoms with Gasteiger partial charge in [-0.25, -0.2) is 0 Å². The number of aliphatic imine (C=N–C) groups is 1. The molecule has 0 amide bonds. The Kier molecular flexibility index (Phi) is 7.76. The average Bonchev–Trinajstić information content (AvgIpc) is 3.23. The number of guanidine groups is 1. The maximum Gasteiger partial charge on any atom is 0.193 e. The highest BCUT2D eigenvalue weighted by atomic mass is 127. The van der Waals surface area contributed by atoms with Gasteiger partial charge in [0.15, 0.2) is 5.96 Å². The van der Waals surface area contributed by atoms with E-state index >= 15 is 0 Å². The predicted octanol–water partition coefficient (Wildman–Crippen LogP) is 1.04. The molecule has 0 saturated carbocycles. The first-order chi connectivity index (χ1) is 11.3. The number of ether oxygens (including phenoxy) is 2. The van der Waals surface area contributed by atoms with Gasteiger partial charge in [-0.15, -0.1) is 24.0 Å². The summed E-state index contributed by atoms with van der Waals surface area (Å²) in [5.74, 6) is 0.945. The number of halogens is 1. The van der Waals surface area contributed by atoms with Gasteiger partial charge in [0.05, 0.1) is 18.9 Å². The summed E-state index contributed by atoms with van der Waals surface area (Å²) in [5, 5.41) is 7.65. The third-order valence-corrected chi connectivity index (χ3v) is 4.44. The zero-order valence-electron chi connectivity index (χ0n) is 14.5. The van der Waals surface area contributed by atoms with E-state index in [1.807, 2.05) is 31.2 Å². The van der Waals surface area contributed by atoms with E-state index in [4.69, 9.17) is 9.47 Å². The van der Waals surface area contributed by atoms with Crippen LogP contribution in [-0.4, -0.2) is 72.7 Å². The molecule has 136 valence electrons. The summed E-state index contributed by atoms with van der Waals surface area (Å²) in [5.41, 5.74) is 1.23. The Morgan fingerprint density at radius 1 is 1.38 bits per heavy atom. The molecule has 7 nitrogen and oxygen atoms in total. The van der Waals surface area contributed by atoms with Crippen LogP contribution in [0.15, 0.2) is 17.4 Å². The summed E-state index contributed by atoms with van der Waals surface area (Å²) < 4.78 is 13.5. The first-order valence-corrected chi connectivity index (χ1v) is 8.42. The van der Waals surface area contributed by atoms with Gasteiger partial charge in [0.1, 0.15) is 6.10 Å². The smallest absolute Gasteiger partial charge is 0.193 e. The molecular formula is C16H28IN5O2. The van der Waals surface area contributed by atoms with Gasteiger partial charge in [-0.05, 0) is 24.8 Å². The minimum absolute atomic E-state index is 0. The zero-order valence-corrected chi connectivity index (χ0v) is 16.8. The number of rotatable bonds is 4. The molecule has 2 fully saturated rings. The Morgan fingerprint density at radius 3 is 2.88 bits per heavy atom. The van der Waals surface area contributed by atoms with Gasteiger partial charge in [0, 0.05) is 46.5 Å².